The zero-order valence-electron chi connectivity index (χ0n) is 13.8. The van der Waals surface area contributed by atoms with Gasteiger partial charge in [0.2, 0.25) is 6.79 Å². The lowest BCUT2D eigenvalue weighted by Gasteiger charge is -2.47. The number of fused-ring (bicyclic) bond motifs is 2. The van der Waals surface area contributed by atoms with Gasteiger partial charge in [-0.1, -0.05) is 0 Å². The number of phosphoric acid groups is 1. The molecule has 1 aliphatic carbocycles. The fourth-order valence-electron chi connectivity index (χ4n) is 2.48. The minimum absolute atomic E-state index is 0.0371. The quantitative estimate of drug-likeness (QED) is 0.163. The topological polar surface area (TPSA) is 178 Å². The van der Waals surface area contributed by atoms with Crippen molar-refractivity contribution in [2.75, 3.05) is 13.4 Å². The van der Waals surface area contributed by atoms with Crippen molar-refractivity contribution in [2.24, 2.45) is 0 Å². The average molecular weight is 400 g/mol. The molecule has 2 bridgehead atoms. The SMILES string of the molecule is CC(=O)OCCCC(=O)OCOP1(=O)O[C@@H]2C(O)[C@@H](O1)[C@@H](O)C(O)[C@H]2O. The second kappa shape index (κ2) is 8.72. The van der Waals surface area contributed by atoms with E-state index in [9.17, 15) is 34.6 Å². The van der Waals surface area contributed by atoms with Gasteiger partial charge in [-0.25, -0.2) is 9.09 Å². The number of esters is 2. The number of rotatable bonds is 7. The third-order valence-electron chi connectivity index (χ3n) is 3.81. The number of aliphatic hydroxyl groups is 4. The first kappa shape index (κ1) is 21.2. The van der Waals surface area contributed by atoms with E-state index in [1.807, 2.05) is 0 Å². The first-order chi connectivity index (χ1) is 12.1. The normalized spacial score (nSPS) is 39.3. The summed E-state index contributed by atoms with van der Waals surface area (Å²) < 4.78 is 36.2. The second-order valence-electron chi connectivity index (χ2n) is 5.76. The van der Waals surface area contributed by atoms with Crippen molar-refractivity contribution >= 4 is 19.8 Å². The summed E-state index contributed by atoms with van der Waals surface area (Å²) in [6, 6.07) is 0. The van der Waals surface area contributed by atoms with E-state index in [4.69, 9.17) is 13.6 Å². The Kier molecular flexibility index (Phi) is 7.11. The Bertz CT molecular complexity index is 535. The minimum Gasteiger partial charge on any atom is -0.466 e. The summed E-state index contributed by atoms with van der Waals surface area (Å²) in [5.41, 5.74) is 0. The average Bonchev–Trinajstić information content (AvgIpc) is 2.57. The Balaban J connectivity index is 1.80. The maximum Gasteiger partial charge on any atom is 0.478 e. The molecular formula is C13H21O12P. The highest BCUT2D eigenvalue weighted by molar-refractivity contribution is 7.48. The molecule has 1 saturated carbocycles. The van der Waals surface area contributed by atoms with Crippen molar-refractivity contribution in [1.29, 1.82) is 0 Å². The number of hydrogen-bond donors (Lipinski definition) is 4. The smallest absolute Gasteiger partial charge is 0.466 e. The summed E-state index contributed by atoms with van der Waals surface area (Å²) in [4.78, 5) is 22.0. The molecule has 3 unspecified atom stereocenters. The molecule has 13 heteroatoms. The summed E-state index contributed by atoms with van der Waals surface area (Å²) in [6.45, 7) is 0.455. The van der Waals surface area contributed by atoms with Crippen molar-refractivity contribution in [2.45, 2.75) is 56.4 Å². The van der Waals surface area contributed by atoms with Crippen molar-refractivity contribution < 1.29 is 57.6 Å². The highest BCUT2D eigenvalue weighted by Gasteiger charge is 2.59. The van der Waals surface area contributed by atoms with E-state index in [1.54, 1.807) is 0 Å². The molecule has 2 rings (SSSR count). The number of phosphoric ester groups is 1. The largest absolute Gasteiger partial charge is 0.478 e. The van der Waals surface area contributed by atoms with Gasteiger partial charge in [-0.15, -0.1) is 0 Å². The summed E-state index contributed by atoms with van der Waals surface area (Å²) >= 11 is 0. The second-order valence-corrected chi connectivity index (χ2v) is 7.33. The molecule has 150 valence electrons. The van der Waals surface area contributed by atoms with Crippen LogP contribution < -0.4 is 0 Å². The van der Waals surface area contributed by atoms with Gasteiger partial charge in [-0.3, -0.25) is 18.6 Å². The Morgan fingerprint density at radius 2 is 1.54 bits per heavy atom. The first-order valence-corrected chi connectivity index (χ1v) is 9.23. The van der Waals surface area contributed by atoms with E-state index >= 15 is 0 Å². The standard InChI is InChI=1S/C13H21O12P/c1-6(14)21-4-2-3-7(15)22-5-23-26(20)24-12-9(17)8(16)10(18)13(25-26)11(12)19/h8-13,16-19H,2-5H2,1H3/t8?,9-,10+,11?,12-,13-,26?/m0/s1. The lowest BCUT2D eigenvalue weighted by atomic mass is 9.85. The monoisotopic (exact) mass is 400 g/mol. The molecule has 26 heavy (non-hydrogen) atoms. The van der Waals surface area contributed by atoms with Crippen LogP contribution in [0.15, 0.2) is 0 Å². The van der Waals surface area contributed by atoms with Crippen LogP contribution in [0.25, 0.3) is 0 Å². The molecule has 1 aliphatic heterocycles. The van der Waals surface area contributed by atoms with Gasteiger partial charge < -0.3 is 29.9 Å². The number of aliphatic hydroxyl groups excluding tert-OH is 4. The van der Waals surface area contributed by atoms with Crippen LogP contribution in [0.5, 0.6) is 0 Å². The van der Waals surface area contributed by atoms with Crippen LogP contribution >= 0.6 is 7.82 Å². The van der Waals surface area contributed by atoms with Crippen molar-refractivity contribution in [3.05, 3.63) is 0 Å². The fraction of sp³-hybridized carbons (Fsp3) is 0.846. The van der Waals surface area contributed by atoms with Crippen LogP contribution in [0.1, 0.15) is 19.8 Å². The number of carbonyl (C=O) groups excluding carboxylic acids is 2. The highest BCUT2D eigenvalue weighted by atomic mass is 31.2. The molecular weight excluding hydrogens is 379 g/mol. The highest BCUT2D eigenvalue weighted by Crippen LogP contribution is 2.58. The Morgan fingerprint density at radius 1 is 0.962 bits per heavy atom. The number of hydrogen-bond acceptors (Lipinski definition) is 12. The van der Waals surface area contributed by atoms with Gasteiger partial charge in [-0.05, 0) is 6.42 Å². The fourth-order valence-corrected chi connectivity index (χ4v) is 3.92. The third-order valence-corrected chi connectivity index (χ3v) is 5.23. The third kappa shape index (κ3) is 4.99. The van der Waals surface area contributed by atoms with Crippen LogP contribution in [0.4, 0.5) is 0 Å². The van der Waals surface area contributed by atoms with Crippen molar-refractivity contribution in [3.63, 3.8) is 0 Å². The van der Waals surface area contributed by atoms with Gasteiger partial charge in [0, 0.05) is 13.3 Å². The molecule has 2 fully saturated rings. The molecule has 0 aromatic rings. The molecule has 0 aromatic carbocycles. The van der Waals surface area contributed by atoms with Gasteiger partial charge >= 0.3 is 19.8 Å². The van der Waals surface area contributed by atoms with Crippen LogP contribution in [0.2, 0.25) is 0 Å². The lowest BCUT2D eigenvalue weighted by Crippen LogP contribution is -2.66. The van der Waals surface area contributed by atoms with E-state index in [0.29, 0.717) is 0 Å². The molecule has 12 nitrogen and oxygen atoms in total. The summed E-state index contributed by atoms with van der Waals surface area (Å²) in [7, 11) is -4.37. The van der Waals surface area contributed by atoms with Gasteiger partial charge in [-0.2, -0.15) is 0 Å². The maximum absolute atomic E-state index is 12.4. The summed E-state index contributed by atoms with van der Waals surface area (Å²) in [5, 5.41) is 39.1. The van der Waals surface area contributed by atoms with Crippen LogP contribution in [0, 0.1) is 0 Å². The van der Waals surface area contributed by atoms with E-state index in [1.165, 1.54) is 6.92 Å². The van der Waals surface area contributed by atoms with Crippen molar-refractivity contribution in [1.82, 2.24) is 0 Å². The lowest BCUT2D eigenvalue weighted by molar-refractivity contribution is -0.242. The molecule has 7 atom stereocenters. The van der Waals surface area contributed by atoms with E-state index in [-0.39, 0.29) is 19.4 Å². The van der Waals surface area contributed by atoms with E-state index in [0.717, 1.165) is 0 Å². The van der Waals surface area contributed by atoms with E-state index < -0.39 is 63.2 Å². The van der Waals surface area contributed by atoms with Gasteiger partial charge in [0.15, 0.2) is 0 Å². The molecule has 1 saturated heterocycles. The molecule has 2 aliphatic rings. The molecule has 0 aromatic heterocycles. The predicted molar refractivity (Wildman–Crippen MR) is 79.3 cm³/mol. The zero-order valence-corrected chi connectivity index (χ0v) is 14.7. The molecule has 4 N–H and O–H groups in total. The molecule has 0 spiro atoms. The first-order valence-electron chi connectivity index (χ1n) is 7.77. The molecule has 0 amide bonds. The Morgan fingerprint density at radius 3 is 2.08 bits per heavy atom. The van der Waals surface area contributed by atoms with Gasteiger partial charge in [0.05, 0.1) is 6.61 Å². The number of carbonyl (C=O) groups is 2. The van der Waals surface area contributed by atoms with Crippen LogP contribution in [0.3, 0.4) is 0 Å². The number of ether oxygens (including phenoxy) is 2. The van der Waals surface area contributed by atoms with Crippen molar-refractivity contribution in [3.8, 4) is 0 Å². The summed E-state index contributed by atoms with van der Waals surface area (Å²) in [6.07, 6.45) is -9.56. The van der Waals surface area contributed by atoms with E-state index in [2.05, 4.69) is 9.47 Å². The minimum atomic E-state index is -4.37. The van der Waals surface area contributed by atoms with Gasteiger partial charge in [0.1, 0.15) is 36.6 Å². The van der Waals surface area contributed by atoms with Gasteiger partial charge in [0.25, 0.3) is 0 Å². The van der Waals surface area contributed by atoms with Crippen LogP contribution in [-0.2, 0) is 37.2 Å². The summed E-state index contributed by atoms with van der Waals surface area (Å²) in [5.74, 6) is -1.20. The van der Waals surface area contributed by atoms with Crippen LogP contribution in [-0.4, -0.2) is 82.4 Å². The maximum atomic E-state index is 12.4. The molecule has 1 heterocycles. The predicted octanol–water partition coefficient (Wildman–Crippen LogP) is -1.80. The Labute approximate surface area is 148 Å². The zero-order chi connectivity index (χ0) is 19.5. The Hall–Kier alpha value is -1.11. The molecule has 0 radical (unpaired) electrons.